The molecule has 4 rings (SSSR count). The highest BCUT2D eigenvalue weighted by molar-refractivity contribution is 5.87. The number of anilines is 3. The van der Waals surface area contributed by atoms with Gasteiger partial charge < -0.3 is 19.5 Å². The zero-order valence-corrected chi connectivity index (χ0v) is 16.1. The van der Waals surface area contributed by atoms with Crippen LogP contribution in [0, 0.1) is 0 Å². The molecule has 0 aliphatic carbocycles. The zero-order valence-electron chi connectivity index (χ0n) is 16.1. The first kappa shape index (κ1) is 18.4. The largest absolute Gasteiger partial charge is 0.478 e. The van der Waals surface area contributed by atoms with E-state index >= 15 is 0 Å². The molecule has 2 atom stereocenters. The molecule has 1 aliphatic heterocycles. The van der Waals surface area contributed by atoms with Crippen molar-refractivity contribution in [2.75, 3.05) is 37.5 Å². The number of halogens is 1. The van der Waals surface area contributed by atoms with Crippen molar-refractivity contribution in [3.8, 4) is 5.88 Å². The quantitative estimate of drug-likeness (QED) is 0.505. The lowest BCUT2D eigenvalue weighted by Gasteiger charge is -2.17. The molecule has 1 saturated heterocycles. The molecule has 0 aromatic carbocycles. The molecule has 4 heterocycles. The average Bonchev–Trinajstić information content (AvgIpc) is 3.33. The SMILES string of the molecule is CNN[C@@H]1CN(c2nc(Nc3cn(C)nc3OC)c3ncn(C)c3n2)C[C@H]1F. The maximum Gasteiger partial charge on any atom is 0.256 e. The van der Waals surface area contributed by atoms with Gasteiger partial charge in [-0.3, -0.25) is 15.5 Å². The molecule has 150 valence electrons. The molecule has 28 heavy (non-hydrogen) atoms. The van der Waals surface area contributed by atoms with Gasteiger partial charge in [0.25, 0.3) is 5.88 Å². The topological polar surface area (TPSA) is 110 Å². The Morgan fingerprint density at radius 2 is 2.07 bits per heavy atom. The third-order valence-electron chi connectivity index (χ3n) is 4.65. The van der Waals surface area contributed by atoms with E-state index in [9.17, 15) is 4.39 Å². The van der Waals surface area contributed by atoms with E-state index in [1.807, 2.05) is 11.9 Å². The number of rotatable bonds is 6. The van der Waals surface area contributed by atoms with Crippen LogP contribution < -0.4 is 25.8 Å². The number of ether oxygens (including phenoxy) is 1. The fraction of sp³-hybridized carbons (Fsp3) is 0.500. The van der Waals surface area contributed by atoms with Crippen molar-refractivity contribution in [1.29, 1.82) is 0 Å². The summed E-state index contributed by atoms with van der Waals surface area (Å²) in [4.78, 5) is 15.4. The number of hydrazine groups is 1. The van der Waals surface area contributed by atoms with Gasteiger partial charge >= 0.3 is 0 Å². The third-order valence-corrected chi connectivity index (χ3v) is 4.65. The smallest absolute Gasteiger partial charge is 0.256 e. The van der Waals surface area contributed by atoms with Crippen LogP contribution in [0.25, 0.3) is 11.2 Å². The molecular formula is C16H23FN10O. The van der Waals surface area contributed by atoms with Gasteiger partial charge in [-0.15, -0.1) is 5.10 Å². The van der Waals surface area contributed by atoms with E-state index in [2.05, 4.69) is 36.2 Å². The van der Waals surface area contributed by atoms with Gasteiger partial charge in [-0.05, 0) is 7.05 Å². The molecule has 3 aromatic heterocycles. The fourth-order valence-electron chi connectivity index (χ4n) is 3.30. The summed E-state index contributed by atoms with van der Waals surface area (Å²) < 4.78 is 23.1. The standard InChI is InChI=1S/C16H23FN10O/c1-18-23-10-7-27(5-9(10)17)16-21-13(12-14(22-16)25(2)8-19-12)20-11-6-26(3)24-15(11)28-4/h6,8-10,18,23H,5,7H2,1-4H3,(H,20,21,22)/t9-,10-/m1/s1. The van der Waals surface area contributed by atoms with Gasteiger partial charge in [0, 0.05) is 20.6 Å². The van der Waals surface area contributed by atoms with Crippen LogP contribution in [-0.2, 0) is 14.1 Å². The van der Waals surface area contributed by atoms with Gasteiger partial charge in [-0.25, -0.2) is 9.37 Å². The molecule has 0 amide bonds. The van der Waals surface area contributed by atoms with Crippen molar-refractivity contribution in [3.63, 3.8) is 0 Å². The summed E-state index contributed by atoms with van der Waals surface area (Å²) in [7, 11) is 6.93. The maximum absolute atomic E-state index is 14.3. The van der Waals surface area contributed by atoms with Gasteiger partial charge in [-0.1, -0.05) is 0 Å². The molecule has 1 aliphatic rings. The number of hydrogen-bond donors (Lipinski definition) is 3. The summed E-state index contributed by atoms with van der Waals surface area (Å²) in [6.45, 7) is 0.652. The van der Waals surface area contributed by atoms with Crippen LogP contribution in [0.15, 0.2) is 12.5 Å². The summed E-state index contributed by atoms with van der Waals surface area (Å²) in [5.41, 5.74) is 7.64. The Morgan fingerprint density at radius 1 is 1.25 bits per heavy atom. The Morgan fingerprint density at radius 3 is 2.82 bits per heavy atom. The maximum atomic E-state index is 14.3. The number of imidazole rings is 1. The summed E-state index contributed by atoms with van der Waals surface area (Å²) in [5, 5.41) is 7.47. The number of alkyl halides is 1. The first-order chi connectivity index (χ1) is 13.5. The Balaban J connectivity index is 1.72. The predicted octanol–water partition coefficient (Wildman–Crippen LogP) is 0.0997. The van der Waals surface area contributed by atoms with Crippen LogP contribution in [0.3, 0.4) is 0 Å². The highest BCUT2D eigenvalue weighted by Crippen LogP contribution is 2.30. The van der Waals surface area contributed by atoms with E-state index in [0.29, 0.717) is 41.0 Å². The first-order valence-corrected chi connectivity index (χ1v) is 8.85. The minimum atomic E-state index is -1.03. The zero-order chi connectivity index (χ0) is 19.8. The molecule has 0 radical (unpaired) electrons. The number of methoxy groups -OCH3 is 1. The number of fused-ring (bicyclic) bond motifs is 1. The molecule has 1 fully saturated rings. The normalized spacial score (nSPS) is 19.5. The van der Waals surface area contributed by atoms with Crippen LogP contribution in [0.4, 0.5) is 21.8 Å². The number of hydrogen-bond acceptors (Lipinski definition) is 9. The molecule has 0 unspecified atom stereocenters. The lowest BCUT2D eigenvalue weighted by Crippen LogP contribution is -2.44. The molecule has 0 spiro atoms. The number of aromatic nitrogens is 6. The Bertz CT molecular complexity index is 985. The van der Waals surface area contributed by atoms with Crippen molar-refractivity contribution in [2.45, 2.75) is 12.2 Å². The fourth-order valence-corrected chi connectivity index (χ4v) is 3.30. The Kier molecular flexibility index (Phi) is 4.73. The van der Waals surface area contributed by atoms with Crippen molar-refractivity contribution in [3.05, 3.63) is 12.5 Å². The van der Waals surface area contributed by atoms with E-state index in [1.165, 1.54) is 0 Å². The lowest BCUT2D eigenvalue weighted by atomic mass is 10.2. The number of nitrogens with zero attached hydrogens (tertiary/aromatic N) is 7. The second-order valence-electron chi connectivity index (χ2n) is 6.67. The van der Waals surface area contributed by atoms with Crippen molar-refractivity contribution in [2.24, 2.45) is 14.1 Å². The second kappa shape index (κ2) is 7.20. The van der Waals surface area contributed by atoms with Crippen LogP contribution >= 0.6 is 0 Å². The monoisotopic (exact) mass is 390 g/mol. The van der Waals surface area contributed by atoms with Crippen molar-refractivity contribution in [1.82, 2.24) is 40.2 Å². The third kappa shape index (κ3) is 3.20. The van der Waals surface area contributed by atoms with Gasteiger partial charge in [0.2, 0.25) is 5.95 Å². The summed E-state index contributed by atoms with van der Waals surface area (Å²) in [6.07, 6.45) is 2.42. The summed E-state index contributed by atoms with van der Waals surface area (Å²) >= 11 is 0. The van der Waals surface area contributed by atoms with Crippen LogP contribution in [0.2, 0.25) is 0 Å². The molecule has 0 saturated carbocycles. The van der Waals surface area contributed by atoms with Gasteiger partial charge in [0.15, 0.2) is 17.0 Å². The van der Waals surface area contributed by atoms with E-state index in [4.69, 9.17) is 4.74 Å². The summed E-state index contributed by atoms with van der Waals surface area (Å²) in [5.74, 6) is 1.38. The Labute approximate surface area is 160 Å². The van der Waals surface area contributed by atoms with Gasteiger partial charge in [0.05, 0.1) is 32.2 Å². The highest BCUT2D eigenvalue weighted by Gasteiger charge is 2.34. The van der Waals surface area contributed by atoms with Crippen LogP contribution in [-0.4, -0.2) is 68.8 Å². The van der Waals surface area contributed by atoms with Gasteiger partial charge in [0.1, 0.15) is 11.9 Å². The molecule has 11 nitrogen and oxygen atoms in total. The highest BCUT2D eigenvalue weighted by atomic mass is 19.1. The minimum absolute atomic E-state index is 0.207. The molecule has 3 aromatic rings. The predicted molar refractivity (Wildman–Crippen MR) is 102 cm³/mol. The van der Waals surface area contributed by atoms with Crippen molar-refractivity contribution < 1.29 is 9.13 Å². The number of nitrogens with one attached hydrogen (secondary N) is 3. The van der Waals surface area contributed by atoms with E-state index < -0.39 is 6.17 Å². The summed E-state index contributed by atoms with van der Waals surface area (Å²) in [6, 6.07) is -0.342. The first-order valence-electron chi connectivity index (χ1n) is 8.85. The van der Waals surface area contributed by atoms with E-state index in [0.717, 1.165) is 0 Å². The second-order valence-corrected chi connectivity index (χ2v) is 6.67. The van der Waals surface area contributed by atoms with Crippen LogP contribution in [0.5, 0.6) is 5.88 Å². The lowest BCUT2D eigenvalue weighted by molar-refractivity contribution is 0.286. The molecular weight excluding hydrogens is 367 g/mol. The van der Waals surface area contributed by atoms with Crippen LogP contribution in [0.1, 0.15) is 0 Å². The minimum Gasteiger partial charge on any atom is -0.478 e. The average molecular weight is 390 g/mol. The van der Waals surface area contributed by atoms with Gasteiger partial charge in [-0.2, -0.15) is 9.97 Å². The molecule has 12 heteroatoms. The number of aryl methyl sites for hydroxylation is 2. The van der Waals surface area contributed by atoms with E-state index in [1.54, 1.807) is 43.0 Å². The van der Waals surface area contributed by atoms with E-state index in [-0.39, 0.29) is 12.6 Å². The molecule has 3 N–H and O–H groups in total. The van der Waals surface area contributed by atoms with Crippen molar-refractivity contribution >= 4 is 28.6 Å². The Hall–Kier alpha value is -2.99. The molecule has 0 bridgehead atoms.